The van der Waals surface area contributed by atoms with E-state index in [0.29, 0.717) is 12.5 Å². The zero-order chi connectivity index (χ0) is 5.98. The van der Waals surface area contributed by atoms with Crippen LogP contribution >= 0.6 is 0 Å². The van der Waals surface area contributed by atoms with E-state index >= 15 is 0 Å². The number of carbonyl (C=O) groups excluding carboxylic acids is 1. The molecule has 1 heterocycles. The molecule has 1 atom stereocenters. The first-order valence-electron chi connectivity index (χ1n) is 2.66. The summed E-state index contributed by atoms with van der Waals surface area (Å²) in [6.07, 6.45) is 2.16. The van der Waals surface area contributed by atoms with Crippen molar-refractivity contribution in [3.05, 3.63) is 0 Å². The molecule has 3 heteroatoms. The zero-order valence-electron chi connectivity index (χ0n) is 4.77. The monoisotopic (exact) mass is 113 g/mol. The molecule has 2 N–H and O–H groups in total. The molecule has 1 aliphatic heterocycles. The summed E-state index contributed by atoms with van der Waals surface area (Å²) in [4.78, 5) is 13.4. The van der Waals surface area contributed by atoms with Crippen LogP contribution in [0.25, 0.3) is 0 Å². The zero-order valence-corrected chi connectivity index (χ0v) is 4.77. The average molecular weight is 113 g/mol. The van der Waals surface area contributed by atoms with Crippen LogP contribution in [0.2, 0.25) is 0 Å². The fourth-order valence-corrected chi connectivity index (χ4v) is 0.660. The van der Waals surface area contributed by atoms with Crippen molar-refractivity contribution < 1.29 is 9.79 Å². The van der Waals surface area contributed by atoms with Crippen molar-refractivity contribution in [3.8, 4) is 0 Å². The highest BCUT2D eigenvalue weighted by atomic mass is 16.1. The summed E-state index contributed by atoms with van der Waals surface area (Å²) in [7, 11) is 0. The molecule has 0 radical (unpaired) electrons. The van der Waals surface area contributed by atoms with E-state index in [9.17, 15) is 4.79 Å². The number of hydrogen-bond acceptors (Lipinski definition) is 1. The summed E-state index contributed by atoms with van der Waals surface area (Å²) < 4.78 is 0. The van der Waals surface area contributed by atoms with Crippen LogP contribution in [0.3, 0.4) is 0 Å². The Bertz CT molecular complexity index is 130. The quantitative estimate of drug-likeness (QED) is 0.375. The fraction of sp³-hybridized carbons (Fsp3) is 0.600. The summed E-state index contributed by atoms with van der Waals surface area (Å²) in [6, 6.07) is 0.295. The van der Waals surface area contributed by atoms with Crippen LogP contribution in [0.15, 0.2) is 0 Å². The number of carbonyl (C=O) groups is 1. The summed E-state index contributed by atoms with van der Waals surface area (Å²) >= 11 is 0. The maximum Gasteiger partial charge on any atom is 0.311 e. The van der Waals surface area contributed by atoms with Gasteiger partial charge in [-0.25, -0.2) is 10.1 Å². The Kier molecular flexibility index (Phi) is 1.28. The van der Waals surface area contributed by atoms with Gasteiger partial charge in [0.05, 0.1) is 6.42 Å². The van der Waals surface area contributed by atoms with Crippen LogP contribution in [0.4, 0.5) is 0 Å². The molecule has 3 nitrogen and oxygen atoms in total. The van der Waals surface area contributed by atoms with Crippen molar-refractivity contribution in [1.82, 2.24) is 5.32 Å². The van der Waals surface area contributed by atoms with Crippen LogP contribution in [0.1, 0.15) is 13.3 Å². The Balaban J connectivity index is 2.54. The molecule has 0 aromatic heterocycles. The van der Waals surface area contributed by atoms with Gasteiger partial charge in [-0.15, -0.1) is 0 Å². The molecule has 0 aliphatic carbocycles. The van der Waals surface area contributed by atoms with Gasteiger partial charge in [0, 0.05) is 0 Å². The van der Waals surface area contributed by atoms with Gasteiger partial charge in [0.2, 0.25) is 6.34 Å². The largest absolute Gasteiger partial charge is 0.311 e. The summed E-state index contributed by atoms with van der Waals surface area (Å²) in [5, 5.41) is 2.54. The third-order valence-corrected chi connectivity index (χ3v) is 1.09. The van der Waals surface area contributed by atoms with Crippen molar-refractivity contribution in [2.75, 3.05) is 0 Å². The topological polar surface area (TPSA) is 43.1 Å². The van der Waals surface area contributed by atoms with Gasteiger partial charge in [-0.2, -0.15) is 0 Å². The van der Waals surface area contributed by atoms with Gasteiger partial charge in [-0.05, 0) is 6.92 Å². The second-order valence-electron chi connectivity index (χ2n) is 1.98. The van der Waals surface area contributed by atoms with Gasteiger partial charge in [-0.3, -0.25) is 4.99 Å². The van der Waals surface area contributed by atoms with E-state index in [-0.39, 0.29) is 5.91 Å². The van der Waals surface area contributed by atoms with E-state index in [1.807, 2.05) is 6.92 Å². The van der Waals surface area contributed by atoms with Gasteiger partial charge in [0.25, 0.3) is 0 Å². The Morgan fingerprint density at radius 2 is 2.75 bits per heavy atom. The highest BCUT2D eigenvalue weighted by Crippen LogP contribution is 1.83. The maximum absolute atomic E-state index is 10.5. The third kappa shape index (κ3) is 1.05. The van der Waals surface area contributed by atoms with E-state index in [1.165, 1.54) is 0 Å². The minimum absolute atomic E-state index is 0.0938. The lowest BCUT2D eigenvalue weighted by molar-refractivity contribution is -0.496. The van der Waals surface area contributed by atoms with Crippen LogP contribution in [-0.2, 0) is 4.79 Å². The number of amides is 1. The molecule has 0 saturated heterocycles. The van der Waals surface area contributed by atoms with E-state index in [2.05, 4.69) is 10.3 Å². The smallest absolute Gasteiger partial charge is 0.278 e. The molecule has 0 saturated carbocycles. The minimum atomic E-state index is 0.0938. The molecule has 1 amide bonds. The van der Waals surface area contributed by atoms with Gasteiger partial charge in [0.15, 0.2) is 0 Å². The van der Waals surface area contributed by atoms with Gasteiger partial charge < -0.3 is 0 Å². The van der Waals surface area contributed by atoms with Crippen LogP contribution in [0.5, 0.6) is 0 Å². The summed E-state index contributed by atoms with van der Waals surface area (Å²) in [6.45, 7) is 1.97. The molecule has 44 valence electrons. The lowest BCUT2D eigenvalue weighted by atomic mass is 10.2. The Morgan fingerprint density at radius 1 is 2.00 bits per heavy atom. The number of hydrogen-bond donors (Lipinski definition) is 2. The first kappa shape index (κ1) is 5.28. The van der Waals surface area contributed by atoms with Crippen LogP contribution in [-0.4, -0.2) is 18.3 Å². The molecule has 8 heavy (non-hydrogen) atoms. The molecule has 0 aromatic rings. The van der Waals surface area contributed by atoms with Crippen molar-refractivity contribution in [3.63, 3.8) is 0 Å². The molecule has 0 fully saturated rings. The Labute approximate surface area is 47.8 Å². The normalized spacial score (nSPS) is 27.6. The standard InChI is InChI=1S/C5H8N2O/c1-4-2-5(8)7-3-6-4/h3-4H,2H2,1H3,(H,6,7,8)/p+1. The van der Waals surface area contributed by atoms with Crippen molar-refractivity contribution in [2.45, 2.75) is 19.4 Å². The first-order valence-corrected chi connectivity index (χ1v) is 2.66. The first-order chi connectivity index (χ1) is 3.79. The Morgan fingerprint density at radius 3 is 3.12 bits per heavy atom. The Hall–Kier alpha value is -0.860. The second kappa shape index (κ2) is 1.94. The summed E-state index contributed by atoms with van der Waals surface area (Å²) in [5.74, 6) is 0.0938. The van der Waals surface area contributed by atoms with E-state index in [1.54, 1.807) is 6.34 Å². The van der Waals surface area contributed by atoms with Crippen LogP contribution < -0.4 is 10.3 Å². The van der Waals surface area contributed by atoms with E-state index in [0.717, 1.165) is 0 Å². The van der Waals surface area contributed by atoms with Crippen molar-refractivity contribution >= 4 is 12.2 Å². The SMILES string of the molecule is CC1CC(=O)NC=[NH+]1. The van der Waals surface area contributed by atoms with E-state index < -0.39 is 0 Å². The number of nitrogens with one attached hydrogen (secondary N) is 2. The second-order valence-corrected chi connectivity index (χ2v) is 1.98. The molecule has 1 unspecified atom stereocenters. The molecule has 1 rings (SSSR count). The van der Waals surface area contributed by atoms with E-state index in [4.69, 9.17) is 0 Å². The molecular formula is C5H9N2O+. The fourth-order valence-electron chi connectivity index (χ4n) is 0.660. The molecule has 0 bridgehead atoms. The third-order valence-electron chi connectivity index (χ3n) is 1.09. The molecule has 1 aliphatic rings. The molecule has 0 aromatic carbocycles. The number of rotatable bonds is 0. The lowest BCUT2D eigenvalue weighted by Gasteiger charge is -2.03. The average Bonchev–Trinajstić information content (AvgIpc) is 1.64. The summed E-state index contributed by atoms with van der Waals surface area (Å²) in [5.41, 5.74) is 0. The van der Waals surface area contributed by atoms with Gasteiger partial charge in [-0.1, -0.05) is 0 Å². The predicted molar refractivity (Wildman–Crippen MR) is 29.2 cm³/mol. The molecule has 0 spiro atoms. The van der Waals surface area contributed by atoms with Crippen LogP contribution in [0, 0.1) is 0 Å². The predicted octanol–water partition coefficient (Wildman–Crippen LogP) is -2.00. The highest BCUT2D eigenvalue weighted by Gasteiger charge is 2.14. The lowest BCUT2D eigenvalue weighted by Crippen LogP contribution is -2.80. The van der Waals surface area contributed by atoms with Crippen molar-refractivity contribution in [1.29, 1.82) is 0 Å². The van der Waals surface area contributed by atoms with Crippen molar-refractivity contribution in [2.24, 2.45) is 0 Å². The van der Waals surface area contributed by atoms with Gasteiger partial charge >= 0.3 is 5.91 Å². The maximum atomic E-state index is 10.5. The highest BCUT2D eigenvalue weighted by molar-refractivity contribution is 5.87. The van der Waals surface area contributed by atoms with Gasteiger partial charge in [0.1, 0.15) is 6.04 Å². The molecular weight excluding hydrogens is 104 g/mol. The minimum Gasteiger partial charge on any atom is -0.278 e.